The zero-order valence-electron chi connectivity index (χ0n) is 18.4. The van der Waals surface area contributed by atoms with E-state index < -0.39 is 0 Å². The van der Waals surface area contributed by atoms with Gasteiger partial charge in [-0.05, 0) is 72.6 Å². The van der Waals surface area contributed by atoms with Crippen LogP contribution in [0.1, 0.15) is 34.7 Å². The van der Waals surface area contributed by atoms with Crippen LogP contribution in [-0.4, -0.2) is 15.5 Å². The molecule has 1 unspecified atom stereocenters. The minimum atomic E-state index is -0.164. The fourth-order valence-electron chi connectivity index (χ4n) is 4.15. The van der Waals surface area contributed by atoms with E-state index in [0.29, 0.717) is 28.0 Å². The highest BCUT2D eigenvalue weighted by molar-refractivity contribution is 5.94. The van der Waals surface area contributed by atoms with Gasteiger partial charge in [-0.2, -0.15) is 0 Å². The second kappa shape index (κ2) is 8.36. The summed E-state index contributed by atoms with van der Waals surface area (Å²) in [5, 5.41) is 5.94. The lowest BCUT2D eigenvalue weighted by Crippen LogP contribution is -2.27. The number of hydrogen-bond donors (Lipinski definition) is 1. The van der Waals surface area contributed by atoms with Gasteiger partial charge in [-0.25, -0.2) is 4.98 Å². The van der Waals surface area contributed by atoms with Crippen LogP contribution >= 0.6 is 0 Å². The summed E-state index contributed by atoms with van der Waals surface area (Å²) in [7, 11) is 0. The Kier molecular flexibility index (Phi) is 5.23. The third-order valence-corrected chi connectivity index (χ3v) is 5.95. The molecule has 5 rings (SSSR count). The number of carbonyl (C=O) groups excluding carboxylic acids is 1. The topological polar surface area (TPSA) is 64.0 Å². The minimum absolute atomic E-state index is 0.125. The summed E-state index contributed by atoms with van der Waals surface area (Å²) in [5.41, 5.74) is 2.80. The summed E-state index contributed by atoms with van der Waals surface area (Å²) in [6, 6.07) is 28.6. The fourth-order valence-corrected chi connectivity index (χ4v) is 4.15. The van der Waals surface area contributed by atoms with E-state index in [2.05, 4.69) is 34.6 Å². The Morgan fingerprint density at radius 3 is 2.36 bits per heavy atom. The van der Waals surface area contributed by atoms with Crippen LogP contribution in [0.4, 0.5) is 0 Å². The van der Waals surface area contributed by atoms with Crippen LogP contribution in [0.5, 0.6) is 0 Å². The van der Waals surface area contributed by atoms with Crippen molar-refractivity contribution in [2.45, 2.75) is 19.9 Å². The van der Waals surface area contributed by atoms with Crippen LogP contribution in [-0.2, 0) is 0 Å². The first-order valence-corrected chi connectivity index (χ1v) is 10.9. The molecule has 162 valence electrons. The van der Waals surface area contributed by atoms with E-state index in [4.69, 9.17) is 0 Å². The van der Waals surface area contributed by atoms with Crippen molar-refractivity contribution in [2.24, 2.45) is 0 Å². The van der Waals surface area contributed by atoms with E-state index in [1.165, 1.54) is 5.39 Å². The van der Waals surface area contributed by atoms with Crippen molar-refractivity contribution < 1.29 is 4.79 Å². The number of rotatable bonds is 4. The summed E-state index contributed by atoms with van der Waals surface area (Å²) in [6.45, 7) is 3.78. The number of amides is 1. The van der Waals surface area contributed by atoms with Crippen molar-refractivity contribution >= 4 is 27.6 Å². The van der Waals surface area contributed by atoms with Gasteiger partial charge in [-0.1, -0.05) is 48.5 Å². The summed E-state index contributed by atoms with van der Waals surface area (Å²) >= 11 is 0. The van der Waals surface area contributed by atoms with E-state index in [1.54, 1.807) is 41.8 Å². The predicted octanol–water partition coefficient (Wildman–Crippen LogP) is 5.34. The average molecular weight is 434 g/mol. The number of nitrogens with zero attached hydrogens (tertiary/aromatic N) is 2. The van der Waals surface area contributed by atoms with Gasteiger partial charge in [0.2, 0.25) is 0 Å². The molecule has 5 nitrogen and oxygen atoms in total. The minimum Gasteiger partial charge on any atom is -0.346 e. The second-order valence-corrected chi connectivity index (χ2v) is 8.17. The molecular weight excluding hydrogens is 410 g/mol. The van der Waals surface area contributed by atoms with Crippen molar-refractivity contribution in [1.29, 1.82) is 0 Å². The van der Waals surface area contributed by atoms with Crippen LogP contribution in [0.15, 0.2) is 95.8 Å². The highest BCUT2D eigenvalue weighted by atomic mass is 16.1. The number of aryl methyl sites for hydroxylation is 1. The Hall–Kier alpha value is -4.25. The van der Waals surface area contributed by atoms with Crippen LogP contribution < -0.4 is 10.9 Å². The van der Waals surface area contributed by atoms with Gasteiger partial charge in [0.1, 0.15) is 5.82 Å². The molecule has 0 bridgehead atoms. The van der Waals surface area contributed by atoms with Crippen molar-refractivity contribution in [1.82, 2.24) is 14.9 Å². The summed E-state index contributed by atoms with van der Waals surface area (Å²) in [5.74, 6) is 0.434. The van der Waals surface area contributed by atoms with Gasteiger partial charge in [0, 0.05) is 5.56 Å². The number of aromatic nitrogens is 2. The highest BCUT2D eigenvalue weighted by Crippen LogP contribution is 2.21. The third kappa shape index (κ3) is 3.89. The molecule has 1 N–H and O–H groups in total. The predicted molar refractivity (Wildman–Crippen MR) is 132 cm³/mol. The summed E-state index contributed by atoms with van der Waals surface area (Å²) < 4.78 is 1.57. The first kappa shape index (κ1) is 20.6. The molecule has 1 atom stereocenters. The van der Waals surface area contributed by atoms with E-state index in [0.717, 1.165) is 10.9 Å². The average Bonchev–Trinajstić information content (AvgIpc) is 2.84. The Labute approximate surface area is 191 Å². The van der Waals surface area contributed by atoms with E-state index in [9.17, 15) is 9.59 Å². The van der Waals surface area contributed by atoms with Crippen LogP contribution in [0.3, 0.4) is 0 Å². The fraction of sp³-hybridized carbons (Fsp3) is 0.107. The van der Waals surface area contributed by atoms with E-state index >= 15 is 0 Å². The van der Waals surface area contributed by atoms with Crippen molar-refractivity contribution in [3.05, 3.63) is 118 Å². The maximum Gasteiger partial charge on any atom is 0.265 e. The molecular formula is C28H23N3O2. The molecule has 4 aromatic carbocycles. The molecule has 0 aliphatic rings. The lowest BCUT2D eigenvalue weighted by atomic mass is 10.0. The zero-order valence-corrected chi connectivity index (χ0v) is 18.4. The van der Waals surface area contributed by atoms with Gasteiger partial charge in [0.15, 0.2) is 0 Å². The molecule has 1 aromatic heterocycles. The Morgan fingerprint density at radius 1 is 0.879 bits per heavy atom. The largest absolute Gasteiger partial charge is 0.346 e. The monoisotopic (exact) mass is 433 g/mol. The number of carbonyl (C=O) groups is 1. The molecule has 0 radical (unpaired) electrons. The lowest BCUT2D eigenvalue weighted by molar-refractivity contribution is 0.0940. The number of hydrogen-bond acceptors (Lipinski definition) is 3. The number of benzene rings is 4. The number of fused-ring (bicyclic) bond motifs is 2. The molecule has 0 fully saturated rings. The normalized spacial score (nSPS) is 12.1. The third-order valence-electron chi connectivity index (χ3n) is 5.95. The summed E-state index contributed by atoms with van der Waals surface area (Å²) in [6.07, 6.45) is 0. The van der Waals surface area contributed by atoms with Crippen molar-refractivity contribution in [2.75, 3.05) is 0 Å². The van der Waals surface area contributed by atoms with Gasteiger partial charge in [-0.15, -0.1) is 0 Å². The summed E-state index contributed by atoms with van der Waals surface area (Å²) in [4.78, 5) is 30.4. The lowest BCUT2D eigenvalue weighted by Gasteiger charge is -2.16. The van der Waals surface area contributed by atoms with Gasteiger partial charge >= 0.3 is 0 Å². The molecule has 0 aliphatic carbocycles. The van der Waals surface area contributed by atoms with Crippen LogP contribution in [0, 0.1) is 6.92 Å². The Morgan fingerprint density at radius 2 is 1.58 bits per heavy atom. The van der Waals surface area contributed by atoms with Crippen LogP contribution in [0.25, 0.3) is 27.4 Å². The number of para-hydroxylation sites is 1. The SMILES string of the molecule is Cc1nc2ccccc2c(=O)n1-c1ccc(C(=O)NC(C)c2ccc3ccccc3c2)cc1. The van der Waals surface area contributed by atoms with Gasteiger partial charge < -0.3 is 5.32 Å². The first-order valence-electron chi connectivity index (χ1n) is 10.9. The molecule has 0 aliphatic heterocycles. The molecule has 5 aromatic rings. The maximum atomic E-state index is 13.0. The van der Waals surface area contributed by atoms with Gasteiger partial charge in [0.25, 0.3) is 11.5 Å². The maximum absolute atomic E-state index is 13.0. The molecule has 0 saturated heterocycles. The quantitative estimate of drug-likeness (QED) is 0.416. The standard InChI is InChI=1S/C28H23N3O2/c1-18(22-12-11-20-7-3-4-8-23(20)17-22)29-27(32)21-13-15-24(16-14-21)31-19(2)30-26-10-6-5-9-25(26)28(31)33/h3-18H,1-2H3,(H,29,32). The molecule has 1 heterocycles. The molecule has 5 heteroatoms. The molecule has 0 saturated carbocycles. The Balaban J connectivity index is 1.38. The molecule has 1 amide bonds. The van der Waals surface area contributed by atoms with Crippen molar-refractivity contribution in [3.8, 4) is 5.69 Å². The zero-order chi connectivity index (χ0) is 22.9. The molecule has 0 spiro atoms. The first-order chi connectivity index (χ1) is 16.0. The van der Waals surface area contributed by atoms with Gasteiger partial charge in [-0.3, -0.25) is 14.2 Å². The second-order valence-electron chi connectivity index (χ2n) is 8.17. The molecule has 33 heavy (non-hydrogen) atoms. The van der Waals surface area contributed by atoms with Crippen molar-refractivity contribution in [3.63, 3.8) is 0 Å². The van der Waals surface area contributed by atoms with E-state index in [-0.39, 0.29) is 17.5 Å². The smallest absolute Gasteiger partial charge is 0.265 e. The van der Waals surface area contributed by atoms with Crippen LogP contribution in [0.2, 0.25) is 0 Å². The van der Waals surface area contributed by atoms with Gasteiger partial charge in [0.05, 0.1) is 22.6 Å². The van der Waals surface area contributed by atoms with E-state index in [1.807, 2.05) is 43.3 Å². The highest BCUT2D eigenvalue weighted by Gasteiger charge is 2.14. The number of nitrogens with one attached hydrogen (secondary N) is 1. The Bertz CT molecular complexity index is 1550.